The molecule has 0 saturated carbocycles. The zero-order valence-electron chi connectivity index (χ0n) is 14.9. The van der Waals surface area contributed by atoms with E-state index < -0.39 is 5.97 Å². The van der Waals surface area contributed by atoms with Crippen LogP contribution in [0.25, 0.3) is 21.8 Å². The number of aromatic nitrogens is 2. The van der Waals surface area contributed by atoms with Crippen LogP contribution in [0, 0.1) is 6.92 Å². The van der Waals surface area contributed by atoms with Gasteiger partial charge in [-0.1, -0.05) is 35.9 Å². The van der Waals surface area contributed by atoms with Crippen molar-refractivity contribution in [2.24, 2.45) is 0 Å². The number of hydrogen-bond acceptors (Lipinski definition) is 5. The third-order valence-electron chi connectivity index (χ3n) is 4.23. The van der Waals surface area contributed by atoms with Gasteiger partial charge in [0.05, 0.1) is 10.7 Å². The number of esters is 1. The molecule has 28 heavy (non-hydrogen) atoms. The minimum Gasteiger partial charge on any atom is -0.456 e. The number of thiophene rings is 1. The third-order valence-corrected chi connectivity index (χ3v) is 5.88. The summed E-state index contributed by atoms with van der Waals surface area (Å²) in [5, 5.41) is 1.57. The molecule has 0 amide bonds. The van der Waals surface area contributed by atoms with Crippen molar-refractivity contribution in [3.05, 3.63) is 86.2 Å². The molecule has 0 fully saturated rings. The molecule has 0 aliphatic carbocycles. The first kappa shape index (κ1) is 18.4. The summed E-state index contributed by atoms with van der Waals surface area (Å²) in [6.07, 6.45) is 2.97. The van der Waals surface area contributed by atoms with Crippen LogP contribution in [0.5, 0.6) is 0 Å². The van der Waals surface area contributed by atoms with Crippen molar-refractivity contribution in [1.82, 2.24) is 9.38 Å². The number of hydrogen-bond donors (Lipinski definition) is 0. The highest BCUT2D eigenvalue weighted by Crippen LogP contribution is 2.35. The number of carbonyl (C=O) groups is 1. The van der Waals surface area contributed by atoms with Crippen LogP contribution in [-0.4, -0.2) is 15.4 Å². The second kappa shape index (κ2) is 7.58. The number of aryl methyl sites for hydroxylation is 1. The van der Waals surface area contributed by atoms with E-state index in [1.165, 1.54) is 27.9 Å². The molecule has 0 aliphatic heterocycles. The maximum Gasteiger partial charge on any atom is 0.331 e. The number of halogens is 1. The molecule has 140 valence electrons. The zero-order valence-corrected chi connectivity index (χ0v) is 16.5. The number of carbonyl (C=O) groups excluding carboxylic acids is 1. The van der Waals surface area contributed by atoms with Gasteiger partial charge in [0.2, 0.25) is 0 Å². The molecule has 3 aromatic heterocycles. The summed E-state index contributed by atoms with van der Waals surface area (Å²) in [5.41, 5.74) is 1.51. The van der Waals surface area contributed by atoms with E-state index in [1.807, 2.05) is 43.3 Å². The maximum absolute atomic E-state index is 12.3. The van der Waals surface area contributed by atoms with E-state index in [0.717, 1.165) is 20.7 Å². The van der Waals surface area contributed by atoms with Gasteiger partial charge in [-0.25, -0.2) is 9.78 Å². The van der Waals surface area contributed by atoms with Crippen LogP contribution in [-0.2, 0) is 16.1 Å². The highest BCUT2D eigenvalue weighted by Gasteiger charge is 2.09. The second-order valence-electron chi connectivity index (χ2n) is 6.16. The van der Waals surface area contributed by atoms with Gasteiger partial charge in [-0.3, -0.25) is 9.20 Å². The van der Waals surface area contributed by atoms with Gasteiger partial charge in [0.25, 0.3) is 5.56 Å². The third kappa shape index (κ3) is 3.56. The fraction of sp³-hybridized carbons (Fsp3) is 0.0952. The Bertz CT molecular complexity index is 1290. The summed E-state index contributed by atoms with van der Waals surface area (Å²) >= 11 is 7.86. The fourth-order valence-electron chi connectivity index (χ4n) is 2.91. The highest BCUT2D eigenvalue weighted by molar-refractivity contribution is 7.20. The van der Waals surface area contributed by atoms with Gasteiger partial charge in [0.15, 0.2) is 0 Å². The molecular formula is C21H15ClN2O3S. The molecular weight excluding hydrogens is 396 g/mol. The van der Waals surface area contributed by atoms with Gasteiger partial charge >= 0.3 is 5.97 Å². The van der Waals surface area contributed by atoms with Crippen molar-refractivity contribution in [2.45, 2.75) is 13.5 Å². The van der Waals surface area contributed by atoms with Crippen LogP contribution < -0.4 is 5.56 Å². The van der Waals surface area contributed by atoms with Crippen molar-refractivity contribution in [1.29, 1.82) is 0 Å². The number of ether oxygens (including phenoxy) is 1. The van der Waals surface area contributed by atoms with Gasteiger partial charge < -0.3 is 4.74 Å². The van der Waals surface area contributed by atoms with E-state index in [0.29, 0.717) is 16.4 Å². The van der Waals surface area contributed by atoms with Crippen molar-refractivity contribution in [3.8, 4) is 0 Å². The van der Waals surface area contributed by atoms with Gasteiger partial charge in [-0.2, -0.15) is 0 Å². The minimum absolute atomic E-state index is 0.0804. The molecule has 0 bridgehead atoms. The molecule has 0 saturated heterocycles. The van der Waals surface area contributed by atoms with Crippen LogP contribution in [0.2, 0.25) is 5.02 Å². The Balaban J connectivity index is 1.48. The Hall–Kier alpha value is -2.96. The topological polar surface area (TPSA) is 60.7 Å². The highest BCUT2D eigenvalue weighted by atomic mass is 35.5. The molecule has 4 rings (SSSR count). The van der Waals surface area contributed by atoms with E-state index in [1.54, 1.807) is 12.1 Å². The lowest BCUT2D eigenvalue weighted by atomic mass is 10.2. The molecule has 3 heterocycles. The lowest BCUT2D eigenvalue weighted by molar-refractivity contribution is -0.139. The number of fused-ring (bicyclic) bond motifs is 2. The SMILES string of the molecule is Cc1cccc2nc(COC(=O)/C=C/c3sc4ccccc4c3Cl)cc(=O)n12. The Morgan fingerprint density at radius 1 is 1.25 bits per heavy atom. The van der Waals surface area contributed by atoms with E-state index in [2.05, 4.69) is 4.98 Å². The molecule has 0 radical (unpaired) electrons. The standard InChI is InChI=1S/C21H15ClN2O3S/c1-13-5-4-8-18-23-14(11-19(25)24(13)18)12-27-20(26)10-9-17-21(22)15-6-2-3-7-16(15)28-17/h2-11H,12H2,1H3/b10-9+. The Kier molecular flexibility index (Phi) is 4.98. The van der Waals surface area contributed by atoms with Gasteiger partial charge in [-0.05, 0) is 31.2 Å². The number of rotatable bonds is 4. The van der Waals surface area contributed by atoms with Crippen molar-refractivity contribution in [3.63, 3.8) is 0 Å². The first-order valence-corrected chi connectivity index (χ1v) is 9.72. The molecule has 0 spiro atoms. The lowest BCUT2D eigenvalue weighted by Crippen LogP contribution is -2.18. The second-order valence-corrected chi connectivity index (χ2v) is 7.63. The Morgan fingerprint density at radius 3 is 2.89 bits per heavy atom. The zero-order chi connectivity index (χ0) is 19.7. The number of benzene rings is 1. The van der Waals surface area contributed by atoms with Crippen molar-refractivity contribution >= 4 is 50.7 Å². The average molecular weight is 411 g/mol. The summed E-state index contributed by atoms with van der Waals surface area (Å²) in [6.45, 7) is 1.75. The summed E-state index contributed by atoms with van der Waals surface area (Å²) in [5.74, 6) is -0.528. The van der Waals surface area contributed by atoms with Crippen LogP contribution >= 0.6 is 22.9 Å². The molecule has 7 heteroatoms. The van der Waals surface area contributed by atoms with Crippen molar-refractivity contribution < 1.29 is 9.53 Å². The molecule has 0 aliphatic rings. The number of nitrogens with zero attached hydrogens (tertiary/aromatic N) is 2. The van der Waals surface area contributed by atoms with Crippen molar-refractivity contribution in [2.75, 3.05) is 0 Å². The summed E-state index contributed by atoms with van der Waals surface area (Å²) in [4.78, 5) is 29.5. The smallest absolute Gasteiger partial charge is 0.331 e. The molecule has 0 atom stereocenters. The molecule has 0 N–H and O–H groups in total. The Morgan fingerprint density at radius 2 is 2.07 bits per heavy atom. The number of pyridine rings is 1. The predicted octanol–water partition coefficient (Wildman–Crippen LogP) is 4.63. The summed E-state index contributed by atoms with van der Waals surface area (Å²) in [7, 11) is 0. The van der Waals surface area contributed by atoms with Crippen LogP contribution in [0.15, 0.2) is 59.4 Å². The van der Waals surface area contributed by atoms with Crippen LogP contribution in [0.1, 0.15) is 16.3 Å². The molecule has 4 aromatic rings. The lowest BCUT2D eigenvalue weighted by Gasteiger charge is -2.06. The monoisotopic (exact) mass is 410 g/mol. The predicted molar refractivity (Wildman–Crippen MR) is 112 cm³/mol. The average Bonchev–Trinajstić information content (AvgIpc) is 3.00. The molecule has 0 unspecified atom stereocenters. The van der Waals surface area contributed by atoms with Gasteiger partial charge in [0.1, 0.15) is 12.3 Å². The quantitative estimate of drug-likeness (QED) is 0.363. The molecule has 5 nitrogen and oxygen atoms in total. The van der Waals surface area contributed by atoms with Crippen LogP contribution in [0.3, 0.4) is 0 Å². The first-order chi connectivity index (χ1) is 13.5. The van der Waals surface area contributed by atoms with Gasteiger partial charge in [0, 0.05) is 32.8 Å². The van der Waals surface area contributed by atoms with E-state index in [9.17, 15) is 9.59 Å². The maximum atomic E-state index is 12.3. The first-order valence-electron chi connectivity index (χ1n) is 8.53. The summed E-state index contributed by atoms with van der Waals surface area (Å²) in [6, 6.07) is 14.6. The largest absolute Gasteiger partial charge is 0.456 e. The van der Waals surface area contributed by atoms with E-state index >= 15 is 0 Å². The normalized spacial score (nSPS) is 11.5. The van der Waals surface area contributed by atoms with E-state index in [4.69, 9.17) is 16.3 Å². The summed E-state index contributed by atoms with van der Waals surface area (Å²) < 4.78 is 7.78. The minimum atomic E-state index is -0.528. The fourth-order valence-corrected chi connectivity index (χ4v) is 4.31. The van der Waals surface area contributed by atoms with Crippen LogP contribution in [0.4, 0.5) is 0 Å². The Labute approximate surface area is 169 Å². The molecule has 1 aromatic carbocycles. The van der Waals surface area contributed by atoms with E-state index in [-0.39, 0.29) is 12.2 Å². The van der Waals surface area contributed by atoms with Gasteiger partial charge in [-0.15, -0.1) is 11.3 Å².